The zero-order valence-corrected chi connectivity index (χ0v) is 22.6. The number of ether oxygens (including phenoxy) is 1. The van der Waals surface area contributed by atoms with Gasteiger partial charge < -0.3 is 40.5 Å². The monoisotopic (exact) mass is 759 g/mol. The predicted octanol–water partition coefficient (Wildman–Crippen LogP) is 3.27. The molecule has 2 aliphatic rings. The van der Waals surface area contributed by atoms with Gasteiger partial charge in [0, 0.05) is 56.2 Å². The third-order valence-electron chi connectivity index (χ3n) is 3.88. The Hall–Kier alpha value is 0.615. The summed E-state index contributed by atoms with van der Waals surface area (Å²) in [5.74, 6) is 0. The average Bonchev–Trinajstić information content (AvgIpc) is 2.89. The molecule has 1 aromatic carbocycles. The summed E-state index contributed by atoms with van der Waals surface area (Å²) in [6, 6.07) is 10.2. The molecular weight excluding hydrogens is 737 g/mol. The van der Waals surface area contributed by atoms with Crippen molar-refractivity contribution in [2.45, 2.75) is 32.3 Å². The van der Waals surface area contributed by atoms with Gasteiger partial charge in [0.1, 0.15) is 6.10 Å². The number of nitrogens with zero attached hydrogens (tertiary/aromatic N) is 2. The summed E-state index contributed by atoms with van der Waals surface area (Å²) in [4.78, 5) is 15.7. The van der Waals surface area contributed by atoms with Crippen LogP contribution in [0.3, 0.4) is 0 Å². The van der Waals surface area contributed by atoms with Crippen LogP contribution in [0.5, 0.6) is 0 Å². The maximum Gasteiger partial charge on any atom is 2.00 e. The van der Waals surface area contributed by atoms with Gasteiger partial charge in [-0.25, -0.2) is 10.5 Å². The standard InChI is InChI=1S/C16H19N2O2.CH3.U.V.W/c1-2-15-12-18(16(19)20-15)14-8-6-13(7-9-14)17-10-4-3-5-11-17;;;;/h3,8-9,15H,2,4-5,10-12H2,1H3;1H3;;;/q-3;-1;;;+2/t15-;;;;/m0..../s1. The Morgan fingerprint density at radius 3 is 2.38 bits per heavy atom. The number of amides is 1. The second-order valence-corrected chi connectivity index (χ2v) is 5.23. The molecule has 1 radical (unpaired) electrons. The Labute approximate surface area is 196 Å². The molecule has 2 saturated heterocycles. The Balaban J connectivity index is 0. The summed E-state index contributed by atoms with van der Waals surface area (Å²) in [7, 11) is 0. The molecule has 24 heavy (non-hydrogen) atoms. The maximum atomic E-state index is 11.8. The summed E-state index contributed by atoms with van der Waals surface area (Å²) in [5.41, 5.74) is 1.81. The number of cyclic esters (lactones) is 1. The molecule has 0 spiro atoms. The van der Waals surface area contributed by atoms with Gasteiger partial charge in [0.2, 0.25) is 0 Å². The van der Waals surface area contributed by atoms with Gasteiger partial charge in [0.25, 0.3) is 0 Å². The molecule has 0 bridgehead atoms. The minimum absolute atomic E-state index is 0. The summed E-state index contributed by atoms with van der Waals surface area (Å²) in [5, 5.41) is 0. The van der Waals surface area contributed by atoms with E-state index in [9.17, 15) is 4.79 Å². The first-order valence-corrected chi connectivity index (χ1v) is 7.26. The SMILES string of the molecule is CC[C@H]1CN(c2c[c-]c(N3CC[CH-]CC3)[c-]c2)C(=O)O1.[CH3-].[U].[V].[W+2]. The third kappa shape index (κ3) is 6.41. The molecule has 1 aromatic rings. The molecule has 7 heteroatoms. The van der Waals surface area contributed by atoms with E-state index in [0.29, 0.717) is 6.54 Å². The van der Waals surface area contributed by atoms with Crippen LogP contribution in [0.25, 0.3) is 0 Å². The van der Waals surface area contributed by atoms with Crippen LogP contribution >= 0.6 is 0 Å². The fourth-order valence-corrected chi connectivity index (χ4v) is 2.63. The molecular formula is C17H22N2O2UVW-2. The average molecular weight is 759 g/mol. The van der Waals surface area contributed by atoms with Crippen molar-refractivity contribution in [3.05, 3.63) is 38.1 Å². The van der Waals surface area contributed by atoms with Crippen molar-refractivity contribution < 1.29 is 80.3 Å². The van der Waals surface area contributed by atoms with Crippen LogP contribution in [0.15, 0.2) is 12.1 Å². The minimum atomic E-state index is -0.265. The van der Waals surface area contributed by atoms with Crippen molar-refractivity contribution in [3.63, 3.8) is 0 Å². The number of hydrogen-bond acceptors (Lipinski definition) is 3. The van der Waals surface area contributed by atoms with Crippen LogP contribution in [-0.2, 0) is 44.4 Å². The smallest absolute Gasteiger partial charge is 0.445 e. The summed E-state index contributed by atoms with van der Waals surface area (Å²) >= 11 is 0. The molecule has 2 aliphatic heterocycles. The molecule has 1 amide bonds. The Bertz CT molecular complexity index is 484. The van der Waals surface area contributed by atoms with E-state index in [2.05, 4.69) is 23.5 Å². The molecule has 3 rings (SSSR count). The largest absolute Gasteiger partial charge is 2.00 e. The van der Waals surface area contributed by atoms with Gasteiger partial charge in [0.05, 0.1) is 0 Å². The van der Waals surface area contributed by atoms with Crippen molar-refractivity contribution in [1.29, 1.82) is 0 Å². The molecule has 4 nitrogen and oxygen atoms in total. The van der Waals surface area contributed by atoms with E-state index in [1.54, 1.807) is 4.90 Å². The topological polar surface area (TPSA) is 32.8 Å². The van der Waals surface area contributed by atoms with Crippen molar-refractivity contribution in [3.8, 4) is 0 Å². The van der Waals surface area contributed by atoms with Crippen molar-refractivity contribution >= 4 is 17.5 Å². The van der Waals surface area contributed by atoms with Crippen LogP contribution < -0.4 is 9.80 Å². The molecule has 0 aromatic heterocycles. The van der Waals surface area contributed by atoms with E-state index in [1.165, 1.54) is 0 Å². The van der Waals surface area contributed by atoms with E-state index >= 15 is 0 Å². The molecule has 0 unspecified atom stereocenters. The summed E-state index contributed by atoms with van der Waals surface area (Å²) < 4.78 is 5.27. The van der Waals surface area contributed by atoms with Crippen molar-refractivity contribution in [2.75, 3.05) is 29.4 Å². The van der Waals surface area contributed by atoms with Crippen molar-refractivity contribution in [1.82, 2.24) is 0 Å². The van der Waals surface area contributed by atoms with E-state index in [1.807, 2.05) is 19.1 Å². The van der Waals surface area contributed by atoms with Gasteiger partial charge in [0.15, 0.2) is 0 Å². The first-order valence-electron chi connectivity index (χ1n) is 7.26. The molecule has 2 fully saturated rings. The van der Waals surface area contributed by atoms with E-state index in [4.69, 9.17) is 4.74 Å². The zero-order chi connectivity index (χ0) is 13.9. The molecule has 129 valence electrons. The summed E-state index contributed by atoms with van der Waals surface area (Å²) in [6.07, 6.45) is 5.12. The van der Waals surface area contributed by atoms with Crippen LogP contribution in [-0.4, -0.2) is 31.8 Å². The first kappa shape index (κ1) is 26.8. The molecule has 0 aliphatic carbocycles. The fourth-order valence-electron chi connectivity index (χ4n) is 2.63. The summed E-state index contributed by atoms with van der Waals surface area (Å²) in [6.45, 7) is 4.69. The van der Waals surface area contributed by atoms with Crippen molar-refractivity contribution in [2.24, 2.45) is 0 Å². The zero-order valence-electron chi connectivity index (χ0n) is 14.1. The molecule has 0 saturated carbocycles. The van der Waals surface area contributed by atoms with E-state index in [0.717, 1.165) is 43.7 Å². The maximum absolute atomic E-state index is 11.8. The van der Waals surface area contributed by atoms with Gasteiger partial charge in [-0.2, -0.15) is 18.5 Å². The van der Waals surface area contributed by atoms with E-state index in [-0.39, 0.29) is 90.4 Å². The van der Waals surface area contributed by atoms with Crippen LogP contribution in [0.2, 0.25) is 0 Å². The second-order valence-electron chi connectivity index (χ2n) is 5.23. The Morgan fingerprint density at radius 2 is 1.88 bits per heavy atom. The molecule has 0 N–H and O–H groups in total. The van der Waals surface area contributed by atoms with Crippen LogP contribution in [0, 0.1) is 57.1 Å². The van der Waals surface area contributed by atoms with Crippen LogP contribution in [0.1, 0.15) is 26.2 Å². The second kappa shape index (κ2) is 12.9. The number of benzene rings is 1. The number of rotatable bonds is 3. The van der Waals surface area contributed by atoms with Gasteiger partial charge in [-0.05, 0) is 19.5 Å². The van der Waals surface area contributed by atoms with Gasteiger partial charge >= 0.3 is 27.2 Å². The number of carbonyl (C=O) groups is 1. The Kier molecular flexibility index (Phi) is 14.4. The first-order chi connectivity index (χ1) is 9.78. The Morgan fingerprint density at radius 1 is 1.29 bits per heavy atom. The van der Waals surface area contributed by atoms with Gasteiger partial charge in [-0.1, -0.05) is 6.92 Å². The molecule has 2 heterocycles. The van der Waals surface area contributed by atoms with Crippen LogP contribution in [0.4, 0.5) is 16.2 Å². The number of piperidine rings is 1. The quantitative estimate of drug-likeness (QED) is 0.445. The predicted molar refractivity (Wildman–Crippen MR) is 84.2 cm³/mol. The normalized spacial score (nSPS) is 19.2. The third-order valence-corrected chi connectivity index (χ3v) is 3.88. The van der Waals surface area contributed by atoms with E-state index < -0.39 is 0 Å². The van der Waals surface area contributed by atoms with Gasteiger partial charge in [-0.3, -0.25) is 12.1 Å². The minimum Gasteiger partial charge on any atom is -0.445 e. The van der Waals surface area contributed by atoms with Gasteiger partial charge in [-0.15, -0.1) is 0 Å². The fraction of sp³-hybridized carbons (Fsp3) is 0.471. The number of carbonyl (C=O) groups excluding carboxylic acids is 1. The number of anilines is 2. The molecule has 1 atom stereocenters. The number of hydrogen-bond donors (Lipinski definition) is 0.